The number of nitrogens with zero attached hydrogens (tertiary/aromatic N) is 2. The van der Waals surface area contributed by atoms with E-state index in [0.717, 1.165) is 23.6 Å². The van der Waals surface area contributed by atoms with E-state index >= 15 is 0 Å². The van der Waals surface area contributed by atoms with Gasteiger partial charge in [-0.2, -0.15) is 0 Å². The fraction of sp³-hybridized carbons (Fsp3) is 0.611. The quantitative estimate of drug-likeness (QED) is 0.00735. The molecule has 2 heterocycles. The number of amides is 8. The van der Waals surface area contributed by atoms with Gasteiger partial charge in [0, 0.05) is 38.1 Å². The van der Waals surface area contributed by atoms with E-state index in [0.29, 0.717) is 0 Å². The fourth-order valence-corrected chi connectivity index (χ4v) is 7.67. The molecule has 1 saturated heterocycles. The smallest absolute Gasteiger partial charge is 0.352 e. The Bertz CT molecular complexity index is 1860. The van der Waals surface area contributed by atoms with E-state index in [-0.39, 0.29) is 62.3 Å². The molecule has 350 valence electrons. The maximum Gasteiger partial charge on any atom is 0.352 e. The van der Waals surface area contributed by atoms with Crippen LogP contribution < -0.4 is 48.7 Å². The summed E-state index contributed by atoms with van der Waals surface area (Å²) in [6, 6.07) is -5.71. The van der Waals surface area contributed by atoms with E-state index in [4.69, 9.17) is 16.2 Å². The van der Waals surface area contributed by atoms with Crippen LogP contribution in [-0.2, 0) is 57.5 Å². The zero-order valence-electron chi connectivity index (χ0n) is 35.2. The summed E-state index contributed by atoms with van der Waals surface area (Å²) in [6.45, 7) is 5.83. The highest BCUT2D eigenvalue weighted by molar-refractivity contribution is 8.00. The summed E-state index contributed by atoms with van der Waals surface area (Å²) in [4.78, 5) is 140. The molecule has 2 rings (SSSR count). The van der Waals surface area contributed by atoms with Crippen molar-refractivity contribution in [2.24, 2.45) is 16.5 Å². The molecular weight excluding hydrogens is 859 g/mol. The van der Waals surface area contributed by atoms with E-state index in [2.05, 4.69) is 42.2 Å². The predicted octanol–water partition coefficient (Wildman–Crippen LogP) is -5.08. The lowest BCUT2D eigenvalue weighted by molar-refractivity contribution is -0.162. The van der Waals surface area contributed by atoms with Crippen molar-refractivity contribution in [1.29, 1.82) is 0 Å². The molecule has 0 saturated carbocycles. The zero-order valence-corrected chi connectivity index (χ0v) is 36.0. The number of β-lactam (4-membered cyclic amide) rings is 1. The molecule has 63 heavy (non-hydrogen) atoms. The molecule has 14 N–H and O–H groups in total. The van der Waals surface area contributed by atoms with Gasteiger partial charge < -0.3 is 68.7 Å². The fourth-order valence-electron chi connectivity index (χ4n) is 6.27. The topological polar surface area (TPSA) is 410 Å². The predicted molar refractivity (Wildman–Crippen MR) is 219 cm³/mol. The molecule has 26 nitrogen and oxygen atoms in total. The second kappa shape index (κ2) is 24.2. The molecule has 2 aliphatic rings. The van der Waals surface area contributed by atoms with Gasteiger partial charge in [-0.15, -0.1) is 11.8 Å². The van der Waals surface area contributed by atoms with Crippen molar-refractivity contribution >= 4 is 83.4 Å². The summed E-state index contributed by atoms with van der Waals surface area (Å²) >= 11 is 0.920. The average molecular weight is 914 g/mol. The first-order valence-corrected chi connectivity index (χ1v) is 20.5. The maximum atomic E-state index is 13.5. The van der Waals surface area contributed by atoms with Gasteiger partial charge in [0.2, 0.25) is 47.5 Å². The molecule has 0 aromatic carbocycles. The molecule has 0 spiro atoms. The Labute approximate surface area is 364 Å². The van der Waals surface area contributed by atoms with Crippen molar-refractivity contribution in [2.75, 3.05) is 18.9 Å². The molecular formula is C36H55N11O15S. The third-order valence-electron chi connectivity index (χ3n) is 9.41. The number of aliphatic hydroxyl groups excluding tert-OH is 1. The lowest BCUT2D eigenvalue weighted by atomic mass is 9.94. The van der Waals surface area contributed by atoms with Gasteiger partial charge in [0.25, 0.3) is 5.91 Å². The number of fused-ring (bicyclic) bond motifs is 1. The largest absolute Gasteiger partial charge is 0.480 e. The van der Waals surface area contributed by atoms with Crippen LogP contribution in [0.4, 0.5) is 0 Å². The van der Waals surface area contributed by atoms with E-state index < -0.39 is 125 Å². The number of carbonyl (C=O) groups excluding carboxylic acids is 9. The molecule has 2 aliphatic heterocycles. The highest BCUT2D eigenvalue weighted by Gasteiger charge is 2.66. The number of guanidine groups is 1. The number of hydrogen-bond donors (Lipinski definition) is 12. The van der Waals surface area contributed by atoms with Gasteiger partial charge in [-0.05, 0) is 46.5 Å². The van der Waals surface area contributed by atoms with E-state index in [1.165, 1.54) is 27.7 Å². The Balaban J connectivity index is 2.12. The van der Waals surface area contributed by atoms with Crippen LogP contribution in [0.15, 0.2) is 16.3 Å². The Hall–Kier alpha value is -6.51. The molecule has 0 radical (unpaired) electrons. The standard InChI is InChI=1S/C36H55N11O15S/c1-16(41-19(4)49)28(54)42-17(2)29(55)43-18(3)30(56)45-22(9-7-11-39-35(37)38)24(51)12-26(53)62-13-21-14-63-34-36(40-15-48,33(61)47(34)27(21)32(59)60)46-25(52)10-6-8-23(31(57)58)44-20(5)50/h15-18,22-24,34,51H,6-14H2,1-5H3,(H,40,48)(H,41,49)(H,42,54)(H,43,55)(H,44,50)(H,45,56)(H,46,52)(H,57,58)(H,59,60)(H4,37,38,39)/t16-,17-,18-,22+,23+,24+,34-,36+/m0/s1. The van der Waals surface area contributed by atoms with Crippen molar-refractivity contribution < 1.29 is 72.8 Å². The number of carbonyl (C=O) groups is 11. The highest BCUT2D eigenvalue weighted by Crippen LogP contribution is 2.45. The Kier molecular flexibility index (Phi) is 20.2. The summed E-state index contributed by atoms with van der Waals surface area (Å²) < 4.78 is 5.29. The van der Waals surface area contributed by atoms with E-state index in [9.17, 15) is 68.1 Å². The van der Waals surface area contributed by atoms with Crippen LogP contribution in [0.25, 0.3) is 0 Å². The number of carboxylic acids is 2. The summed E-state index contributed by atoms with van der Waals surface area (Å²) in [6.07, 6.45) is -2.50. The first kappa shape index (κ1) is 52.6. The normalized spacial score (nSPS) is 19.4. The van der Waals surface area contributed by atoms with Crippen LogP contribution in [0.5, 0.6) is 0 Å². The number of hydrogen-bond acceptors (Lipinski definition) is 15. The Morgan fingerprint density at radius 3 is 1.98 bits per heavy atom. The number of rotatable bonds is 26. The molecule has 8 atom stereocenters. The molecule has 0 aliphatic carbocycles. The van der Waals surface area contributed by atoms with Crippen molar-refractivity contribution in [3.63, 3.8) is 0 Å². The van der Waals surface area contributed by atoms with E-state index in [1.807, 2.05) is 0 Å². The second-order valence-corrected chi connectivity index (χ2v) is 15.6. The van der Waals surface area contributed by atoms with Crippen molar-refractivity contribution in [3.05, 3.63) is 11.3 Å². The first-order chi connectivity index (χ1) is 29.4. The number of aliphatic imine (C=N–C) groups is 1. The summed E-state index contributed by atoms with van der Waals surface area (Å²) in [5.74, 6) is -9.47. The van der Waals surface area contributed by atoms with Gasteiger partial charge in [0.05, 0.1) is 18.6 Å². The maximum absolute atomic E-state index is 13.5. The lowest BCUT2D eigenvalue weighted by Crippen LogP contribution is -2.85. The van der Waals surface area contributed by atoms with Crippen LogP contribution in [0.3, 0.4) is 0 Å². The van der Waals surface area contributed by atoms with Gasteiger partial charge in [-0.1, -0.05) is 0 Å². The molecule has 0 aromatic heterocycles. The monoisotopic (exact) mass is 913 g/mol. The Morgan fingerprint density at radius 1 is 0.889 bits per heavy atom. The van der Waals surface area contributed by atoms with Crippen molar-refractivity contribution in [2.45, 2.75) is 120 Å². The van der Waals surface area contributed by atoms with Crippen molar-refractivity contribution in [1.82, 2.24) is 42.1 Å². The molecule has 0 bridgehead atoms. The first-order valence-electron chi connectivity index (χ1n) is 19.5. The number of thioether (sulfide) groups is 1. The number of nitrogens with two attached hydrogens (primary N) is 2. The molecule has 27 heteroatoms. The SMILES string of the molecule is CC(=O)N[C@@H](C)C(=O)N[C@@H](C)C(=O)N[C@@H](C)C(=O)N[C@H](CCCN=C(N)N)[C@H](O)CC(=O)OCC1=C(C(=O)O)N2C(=O)[C@@](NC=O)(NC(=O)CCC[C@@H](NC(C)=O)C(=O)O)[C@@H]2SC1. The van der Waals surface area contributed by atoms with Gasteiger partial charge in [0.1, 0.15) is 41.8 Å². The van der Waals surface area contributed by atoms with Crippen LogP contribution >= 0.6 is 11.8 Å². The third kappa shape index (κ3) is 15.4. The van der Waals surface area contributed by atoms with Crippen LogP contribution in [0.2, 0.25) is 0 Å². The van der Waals surface area contributed by atoms with Gasteiger partial charge >= 0.3 is 17.9 Å². The lowest BCUT2D eigenvalue weighted by Gasteiger charge is -2.56. The van der Waals surface area contributed by atoms with Crippen molar-refractivity contribution in [3.8, 4) is 0 Å². The molecule has 0 aromatic rings. The highest BCUT2D eigenvalue weighted by atomic mass is 32.2. The molecule has 1 fully saturated rings. The van der Waals surface area contributed by atoms with E-state index in [1.54, 1.807) is 0 Å². The van der Waals surface area contributed by atoms with Crippen LogP contribution in [0.1, 0.15) is 73.1 Å². The number of nitrogens with one attached hydrogen (secondary N) is 7. The summed E-state index contributed by atoms with van der Waals surface area (Å²) in [7, 11) is 0. The van der Waals surface area contributed by atoms with Gasteiger partial charge in [-0.3, -0.25) is 53.0 Å². The minimum atomic E-state index is -2.08. The number of ether oxygens (including phenoxy) is 1. The minimum Gasteiger partial charge on any atom is -0.480 e. The van der Waals surface area contributed by atoms with Crippen LogP contribution in [-0.4, -0.2) is 158 Å². The third-order valence-corrected chi connectivity index (χ3v) is 10.8. The summed E-state index contributed by atoms with van der Waals surface area (Å²) in [5.41, 5.74) is 8.02. The number of esters is 1. The van der Waals surface area contributed by atoms with Gasteiger partial charge in [0.15, 0.2) is 5.96 Å². The van der Waals surface area contributed by atoms with Crippen LogP contribution in [0, 0.1) is 0 Å². The second-order valence-electron chi connectivity index (χ2n) is 14.6. The zero-order chi connectivity index (χ0) is 47.8. The molecule has 0 unspecified atom stereocenters. The minimum absolute atomic E-state index is 0.0155. The number of aliphatic carboxylic acids is 2. The van der Waals surface area contributed by atoms with Gasteiger partial charge in [-0.25, -0.2) is 9.59 Å². The number of aliphatic hydroxyl groups is 1. The number of carboxylic acid groups (broad SMARTS) is 2. The summed E-state index contributed by atoms with van der Waals surface area (Å²) in [5, 5.41) is 45.9. The Morgan fingerprint density at radius 2 is 1.46 bits per heavy atom. The molecule has 8 amide bonds. The average Bonchev–Trinajstić information content (AvgIpc) is 3.18.